The van der Waals surface area contributed by atoms with E-state index in [0.29, 0.717) is 6.54 Å². The van der Waals surface area contributed by atoms with Gasteiger partial charge in [-0.3, -0.25) is 4.90 Å². The van der Waals surface area contributed by atoms with Crippen LogP contribution in [0, 0.1) is 0 Å². The van der Waals surface area contributed by atoms with Gasteiger partial charge in [-0.25, -0.2) is 4.79 Å². The Morgan fingerprint density at radius 3 is 2.80 bits per heavy atom. The minimum Gasteiger partial charge on any atom is -0.444 e. The van der Waals surface area contributed by atoms with Gasteiger partial charge in [0, 0.05) is 19.6 Å². The van der Waals surface area contributed by atoms with Crippen molar-refractivity contribution in [2.24, 2.45) is 0 Å². The van der Waals surface area contributed by atoms with Crippen LogP contribution in [0.15, 0.2) is 36.4 Å². The Hall–Kier alpha value is -1.81. The van der Waals surface area contributed by atoms with E-state index in [1.165, 1.54) is 11.1 Å². The van der Waals surface area contributed by atoms with Crippen LogP contribution in [0.5, 0.6) is 0 Å². The molecule has 2 aliphatic heterocycles. The average Bonchev–Trinajstić information content (AvgIpc) is 2.92. The molecule has 1 unspecified atom stereocenters. The van der Waals surface area contributed by atoms with E-state index >= 15 is 0 Å². The van der Waals surface area contributed by atoms with Gasteiger partial charge in [0.25, 0.3) is 0 Å². The van der Waals surface area contributed by atoms with Crippen molar-refractivity contribution in [3.63, 3.8) is 0 Å². The van der Waals surface area contributed by atoms with Crippen LogP contribution in [0.2, 0.25) is 0 Å². The Balaban J connectivity index is 1.48. The SMILES string of the molecule is O=C1NCC(CCN2CC=C(c3ccccc3)CC2)O1. The Kier molecular flexibility index (Phi) is 4.02. The van der Waals surface area contributed by atoms with Crippen molar-refractivity contribution in [2.45, 2.75) is 18.9 Å². The van der Waals surface area contributed by atoms with Crippen molar-refractivity contribution in [2.75, 3.05) is 26.2 Å². The fourth-order valence-electron chi connectivity index (χ4n) is 2.75. The van der Waals surface area contributed by atoms with Crippen LogP contribution in [-0.2, 0) is 4.74 Å². The normalized spacial score (nSPS) is 23.1. The van der Waals surface area contributed by atoms with E-state index in [2.05, 4.69) is 46.6 Å². The summed E-state index contributed by atoms with van der Waals surface area (Å²) in [6, 6.07) is 10.6. The molecule has 1 N–H and O–H groups in total. The van der Waals surface area contributed by atoms with Gasteiger partial charge in [0.2, 0.25) is 0 Å². The summed E-state index contributed by atoms with van der Waals surface area (Å²) in [5.74, 6) is 0. The predicted molar refractivity (Wildman–Crippen MR) is 78.4 cm³/mol. The maximum atomic E-state index is 10.9. The molecule has 4 nitrogen and oxygen atoms in total. The lowest BCUT2D eigenvalue weighted by atomic mass is 9.99. The second kappa shape index (κ2) is 6.09. The number of alkyl carbamates (subject to hydrolysis) is 1. The van der Waals surface area contributed by atoms with Crippen LogP contribution in [0.3, 0.4) is 0 Å². The summed E-state index contributed by atoms with van der Waals surface area (Å²) in [4.78, 5) is 13.4. The van der Waals surface area contributed by atoms with Crippen LogP contribution in [0.25, 0.3) is 5.57 Å². The molecule has 1 fully saturated rings. The van der Waals surface area contributed by atoms with Gasteiger partial charge in [-0.1, -0.05) is 36.4 Å². The zero-order chi connectivity index (χ0) is 13.8. The summed E-state index contributed by atoms with van der Waals surface area (Å²) in [6.45, 7) is 3.70. The van der Waals surface area contributed by atoms with Gasteiger partial charge >= 0.3 is 6.09 Å². The molecule has 0 aliphatic carbocycles. The molecule has 106 valence electrons. The molecular formula is C16H20N2O2. The molecule has 1 atom stereocenters. The standard InChI is InChI=1S/C16H20N2O2/c19-16-17-12-15(20-16)8-11-18-9-6-14(7-10-18)13-4-2-1-3-5-13/h1-6,15H,7-12H2,(H,17,19). The number of ether oxygens (including phenoxy) is 1. The number of carbonyl (C=O) groups excluding carboxylic acids is 1. The van der Waals surface area contributed by atoms with Crippen molar-refractivity contribution in [1.29, 1.82) is 0 Å². The molecule has 0 spiro atoms. The molecule has 20 heavy (non-hydrogen) atoms. The maximum Gasteiger partial charge on any atom is 0.407 e. The topological polar surface area (TPSA) is 41.6 Å². The summed E-state index contributed by atoms with van der Waals surface area (Å²) in [5, 5.41) is 2.69. The molecule has 1 amide bonds. The molecule has 0 radical (unpaired) electrons. The second-order valence-electron chi connectivity index (χ2n) is 5.34. The van der Waals surface area contributed by atoms with Gasteiger partial charge in [0.15, 0.2) is 0 Å². The average molecular weight is 272 g/mol. The number of hydrogen-bond donors (Lipinski definition) is 1. The van der Waals surface area contributed by atoms with Crippen LogP contribution in [0.4, 0.5) is 4.79 Å². The zero-order valence-corrected chi connectivity index (χ0v) is 11.5. The van der Waals surface area contributed by atoms with Crippen molar-refractivity contribution in [3.8, 4) is 0 Å². The van der Waals surface area contributed by atoms with E-state index in [4.69, 9.17) is 4.74 Å². The first-order chi connectivity index (χ1) is 9.81. The summed E-state index contributed by atoms with van der Waals surface area (Å²) in [5.41, 5.74) is 2.77. The second-order valence-corrected chi connectivity index (χ2v) is 5.34. The number of amides is 1. The van der Waals surface area contributed by atoms with E-state index in [-0.39, 0.29) is 12.2 Å². The quantitative estimate of drug-likeness (QED) is 0.914. The minimum absolute atomic E-state index is 0.0435. The van der Waals surface area contributed by atoms with Gasteiger partial charge in [0.1, 0.15) is 6.10 Å². The summed E-state index contributed by atoms with van der Waals surface area (Å²) in [7, 11) is 0. The predicted octanol–water partition coefficient (Wildman–Crippen LogP) is 2.27. The van der Waals surface area contributed by atoms with Gasteiger partial charge in [-0.15, -0.1) is 0 Å². The Morgan fingerprint density at radius 2 is 2.15 bits per heavy atom. The summed E-state index contributed by atoms with van der Waals surface area (Å²) >= 11 is 0. The molecule has 0 saturated carbocycles. The molecular weight excluding hydrogens is 252 g/mol. The fraction of sp³-hybridized carbons (Fsp3) is 0.438. The Labute approximate surface area is 119 Å². The first-order valence-electron chi connectivity index (χ1n) is 7.22. The lowest BCUT2D eigenvalue weighted by Crippen LogP contribution is -2.32. The van der Waals surface area contributed by atoms with E-state index in [9.17, 15) is 4.79 Å². The van der Waals surface area contributed by atoms with Crippen LogP contribution in [-0.4, -0.2) is 43.3 Å². The largest absolute Gasteiger partial charge is 0.444 e. The van der Waals surface area contributed by atoms with E-state index < -0.39 is 0 Å². The third-order valence-electron chi connectivity index (χ3n) is 3.95. The highest BCUT2D eigenvalue weighted by Gasteiger charge is 2.23. The van der Waals surface area contributed by atoms with E-state index in [1.807, 2.05) is 0 Å². The highest BCUT2D eigenvalue weighted by Crippen LogP contribution is 2.22. The number of benzene rings is 1. The molecule has 1 aromatic carbocycles. The summed E-state index contributed by atoms with van der Waals surface area (Å²) in [6.07, 6.45) is 4.08. The van der Waals surface area contributed by atoms with E-state index in [1.54, 1.807) is 0 Å². The third kappa shape index (κ3) is 3.20. The minimum atomic E-state index is -0.278. The van der Waals surface area contributed by atoms with Crippen molar-refractivity contribution in [3.05, 3.63) is 42.0 Å². The maximum absolute atomic E-state index is 10.9. The van der Waals surface area contributed by atoms with E-state index in [0.717, 1.165) is 32.5 Å². The van der Waals surface area contributed by atoms with Crippen molar-refractivity contribution >= 4 is 11.7 Å². The molecule has 0 bridgehead atoms. The smallest absolute Gasteiger partial charge is 0.407 e. The number of hydrogen-bond acceptors (Lipinski definition) is 3. The zero-order valence-electron chi connectivity index (χ0n) is 11.5. The van der Waals surface area contributed by atoms with Gasteiger partial charge < -0.3 is 10.1 Å². The molecule has 4 heteroatoms. The molecule has 2 aliphatic rings. The fourth-order valence-corrected chi connectivity index (χ4v) is 2.75. The number of rotatable bonds is 4. The first-order valence-corrected chi connectivity index (χ1v) is 7.22. The molecule has 3 rings (SSSR count). The monoisotopic (exact) mass is 272 g/mol. The van der Waals surface area contributed by atoms with Crippen LogP contribution >= 0.6 is 0 Å². The van der Waals surface area contributed by atoms with Crippen molar-refractivity contribution in [1.82, 2.24) is 10.2 Å². The lowest BCUT2D eigenvalue weighted by molar-refractivity contribution is 0.127. The summed E-state index contributed by atoms with van der Waals surface area (Å²) < 4.78 is 5.15. The lowest BCUT2D eigenvalue weighted by Gasteiger charge is -2.27. The molecule has 1 aromatic rings. The first kappa shape index (κ1) is 13.2. The van der Waals surface area contributed by atoms with Gasteiger partial charge in [-0.05, 0) is 24.0 Å². The van der Waals surface area contributed by atoms with Crippen molar-refractivity contribution < 1.29 is 9.53 Å². The van der Waals surface area contributed by atoms with Gasteiger partial charge in [-0.2, -0.15) is 0 Å². The number of nitrogens with zero attached hydrogens (tertiary/aromatic N) is 1. The van der Waals surface area contributed by atoms with Crippen LogP contribution in [0.1, 0.15) is 18.4 Å². The number of carbonyl (C=O) groups is 1. The highest BCUT2D eigenvalue weighted by molar-refractivity contribution is 5.69. The number of nitrogens with one attached hydrogen (secondary N) is 1. The Bertz CT molecular complexity index is 498. The van der Waals surface area contributed by atoms with Crippen LogP contribution < -0.4 is 5.32 Å². The Morgan fingerprint density at radius 1 is 1.30 bits per heavy atom. The molecule has 0 aromatic heterocycles. The third-order valence-corrected chi connectivity index (χ3v) is 3.95. The number of cyclic esters (lactones) is 1. The highest BCUT2D eigenvalue weighted by atomic mass is 16.6. The molecule has 1 saturated heterocycles. The van der Waals surface area contributed by atoms with Gasteiger partial charge in [0.05, 0.1) is 6.54 Å². The molecule has 2 heterocycles.